The number of nitrogen functional groups attached to an aromatic ring is 1. The van der Waals surface area contributed by atoms with Gasteiger partial charge < -0.3 is 15.4 Å². The number of hydrogen-bond acceptors (Lipinski definition) is 3. The van der Waals surface area contributed by atoms with Crippen molar-refractivity contribution in [1.82, 2.24) is 4.90 Å². The largest absolute Gasteiger partial charge is 0.496 e. The third-order valence-electron chi connectivity index (χ3n) is 2.62. The Hall–Kier alpha value is -1.71. The van der Waals surface area contributed by atoms with Crippen LogP contribution in [0.15, 0.2) is 18.2 Å². The number of benzene rings is 1. The van der Waals surface area contributed by atoms with Gasteiger partial charge in [-0.05, 0) is 31.5 Å². The van der Waals surface area contributed by atoms with Crippen LogP contribution >= 0.6 is 0 Å². The lowest BCUT2D eigenvalue weighted by atomic mass is 10.1. The Labute approximate surface area is 102 Å². The van der Waals surface area contributed by atoms with E-state index in [-0.39, 0.29) is 5.91 Å². The molecule has 0 aliphatic heterocycles. The fourth-order valence-corrected chi connectivity index (χ4v) is 1.74. The van der Waals surface area contributed by atoms with Crippen LogP contribution in [-0.4, -0.2) is 31.0 Å². The van der Waals surface area contributed by atoms with Crippen LogP contribution in [0.25, 0.3) is 0 Å². The normalized spacial score (nSPS) is 10.1. The number of nitrogens with two attached hydrogens (primary N) is 1. The summed E-state index contributed by atoms with van der Waals surface area (Å²) in [5.74, 6) is 0.539. The first-order valence-electron chi connectivity index (χ1n) is 5.86. The van der Waals surface area contributed by atoms with Gasteiger partial charge in [-0.1, -0.05) is 6.92 Å². The second-order valence-electron chi connectivity index (χ2n) is 3.84. The van der Waals surface area contributed by atoms with Gasteiger partial charge in [0, 0.05) is 18.8 Å². The molecule has 0 fully saturated rings. The van der Waals surface area contributed by atoms with Gasteiger partial charge in [-0.15, -0.1) is 0 Å². The number of rotatable bonds is 5. The van der Waals surface area contributed by atoms with Gasteiger partial charge in [-0.2, -0.15) is 0 Å². The molecule has 1 rings (SSSR count). The number of nitrogens with zero attached hydrogens (tertiary/aromatic N) is 1. The van der Waals surface area contributed by atoms with Crippen molar-refractivity contribution in [1.29, 1.82) is 0 Å². The summed E-state index contributed by atoms with van der Waals surface area (Å²) in [6, 6.07) is 5.12. The number of carbonyl (C=O) groups excluding carboxylic acids is 1. The lowest BCUT2D eigenvalue weighted by Crippen LogP contribution is -2.31. The Morgan fingerprint density at radius 3 is 2.65 bits per heavy atom. The summed E-state index contributed by atoms with van der Waals surface area (Å²) in [5.41, 5.74) is 6.81. The van der Waals surface area contributed by atoms with E-state index in [0.717, 1.165) is 13.0 Å². The second kappa shape index (κ2) is 6.13. The van der Waals surface area contributed by atoms with Crippen LogP contribution < -0.4 is 10.5 Å². The molecule has 4 heteroatoms. The van der Waals surface area contributed by atoms with Gasteiger partial charge in [0.15, 0.2) is 0 Å². The number of methoxy groups -OCH3 is 1. The molecule has 1 aromatic rings. The maximum absolute atomic E-state index is 12.3. The first-order chi connectivity index (χ1) is 8.13. The highest BCUT2D eigenvalue weighted by Crippen LogP contribution is 2.22. The maximum atomic E-state index is 12.3. The molecule has 1 aromatic carbocycles. The summed E-state index contributed by atoms with van der Waals surface area (Å²) in [6.45, 7) is 5.44. The van der Waals surface area contributed by atoms with E-state index in [1.165, 1.54) is 0 Å². The number of ether oxygens (including phenoxy) is 1. The van der Waals surface area contributed by atoms with Crippen LogP contribution in [0.2, 0.25) is 0 Å². The van der Waals surface area contributed by atoms with Gasteiger partial charge in [0.05, 0.1) is 12.7 Å². The van der Waals surface area contributed by atoms with Gasteiger partial charge in [0.2, 0.25) is 0 Å². The minimum absolute atomic E-state index is 0.0292. The number of anilines is 1. The fraction of sp³-hybridized carbons (Fsp3) is 0.462. The monoisotopic (exact) mass is 236 g/mol. The maximum Gasteiger partial charge on any atom is 0.257 e. The minimum Gasteiger partial charge on any atom is -0.496 e. The van der Waals surface area contributed by atoms with Crippen molar-refractivity contribution in [2.24, 2.45) is 0 Å². The number of carbonyl (C=O) groups is 1. The summed E-state index contributed by atoms with van der Waals surface area (Å²) in [4.78, 5) is 14.1. The van der Waals surface area contributed by atoms with Crippen molar-refractivity contribution < 1.29 is 9.53 Å². The molecule has 0 atom stereocenters. The zero-order valence-electron chi connectivity index (χ0n) is 10.7. The summed E-state index contributed by atoms with van der Waals surface area (Å²) in [7, 11) is 1.55. The van der Waals surface area contributed by atoms with E-state index in [0.29, 0.717) is 23.5 Å². The summed E-state index contributed by atoms with van der Waals surface area (Å²) in [5, 5.41) is 0. The smallest absolute Gasteiger partial charge is 0.257 e. The molecular weight excluding hydrogens is 216 g/mol. The van der Waals surface area contributed by atoms with E-state index < -0.39 is 0 Å². The molecule has 0 saturated heterocycles. The molecule has 0 unspecified atom stereocenters. The third-order valence-corrected chi connectivity index (χ3v) is 2.62. The third kappa shape index (κ3) is 3.12. The first kappa shape index (κ1) is 13.4. The Kier molecular flexibility index (Phi) is 4.82. The molecule has 0 spiro atoms. The van der Waals surface area contributed by atoms with Gasteiger partial charge in [0.1, 0.15) is 5.75 Å². The van der Waals surface area contributed by atoms with E-state index >= 15 is 0 Å². The van der Waals surface area contributed by atoms with E-state index in [9.17, 15) is 4.79 Å². The van der Waals surface area contributed by atoms with Crippen LogP contribution in [0.3, 0.4) is 0 Å². The Morgan fingerprint density at radius 1 is 1.41 bits per heavy atom. The second-order valence-corrected chi connectivity index (χ2v) is 3.84. The van der Waals surface area contributed by atoms with Crippen LogP contribution in [0.4, 0.5) is 5.69 Å². The Balaban J connectivity index is 3.04. The van der Waals surface area contributed by atoms with E-state index in [1.807, 2.05) is 13.8 Å². The lowest BCUT2D eigenvalue weighted by molar-refractivity contribution is 0.0761. The predicted molar refractivity (Wildman–Crippen MR) is 69.3 cm³/mol. The highest BCUT2D eigenvalue weighted by Gasteiger charge is 2.17. The molecule has 17 heavy (non-hydrogen) atoms. The van der Waals surface area contributed by atoms with Crippen LogP contribution in [0.5, 0.6) is 5.75 Å². The van der Waals surface area contributed by atoms with E-state index in [2.05, 4.69) is 0 Å². The average Bonchev–Trinajstić information content (AvgIpc) is 2.35. The van der Waals surface area contributed by atoms with Crippen LogP contribution in [-0.2, 0) is 0 Å². The standard InChI is InChI=1S/C13H20N2O2/c1-4-8-15(5-2)13(16)11-9-10(14)6-7-12(11)17-3/h6-7,9H,4-5,8,14H2,1-3H3. The predicted octanol–water partition coefficient (Wildman–Crippen LogP) is 2.15. The molecule has 0 aromatic heterocycles. The van der Waals surface area contributed by atoms with Crippen LogP contribution in [0, 0.1) is 0 Å². The molecule has 94 valence electrons. The minimum atomic E-state index is -0.0292. The molecule has 4 nitrogen and oxygen atoms in total. The molecule has 0 saturated carbocycles. The topological polar surface area (TPSA) is 55.6 Å². The molecule has 1 amide bonds. The summed E-state index contributed by atoms with van der Waals surface area (Å²) < 4.78 is 5.19. The highest BCUT2D eigenvalue weighted by molar-refractivity contribution is 5.97. The number of amides is 1. The zero-order chi connectivity index (χ0) is 12.8. The Morgan fingerprint density at radius 2 is 2.12 bits per heavy atom. The van der Waals surface area contributed by atoms with E-state index in [1.54, 1.807) is 30.2 Å². The average molecular weight is 236 g/mol. The molecule has 0 aliphatic carbocycles. The van der Waals surface area contributed by atoms with E-state index in [4.69, 9.17) is 10.5 Å². The summed E-state index contributed by atoms with van der Waals surface area (Å²) in [6.07, 6.45) is 0.935. The highest BCUT2D eigenvalue weighted by atomic mass is 16.5. The molecule has 0 radical (unpaired) electrons. The Bertz CT molecular complexity index is 391. The molecule has 2 N–H and O–H groups in total. The molecular formula is C13H20N2O2. The van der Waals surface area contributed by atoms with Gasteiger partial charge in [0.25, 0.3) is 5.91 Å². The van der Waals surface area contributed by atoms with Crippen molar-refractivity contribution in [3.8, 4) is 5.75 Å². The van der Waals surface area contributed by atoms with Gasteiger partial charge in [-0.3, -0.25) is 4.79 Å². The molecule has 0 bridgehead atoms. The first-order valence-corrected chi connectivity index (χ1v) is 5.86. The van der Waals surface area contributed by atoms with Crippen molar-refractivity contribution in [3.63, 3.8) is 0 Å². The SMILES string of the molecule is CCCN(CC)C(=O)c1cc(N)ccc1OC. The van der Waals surface area contributed by atoms with Crippen LogP contribution in [0.1, 0.15) is 30.6 Å². The zero-order valence-corrected chi connectivity index (χ0v) is 10.7. The van der Waals surface area contributed by atoms with Crippen molar-refractivity contribution in [2.45, 2.75) is 20.3 Å². The molecule has 0 heterocycles. The quantitative estimate of drug-likeness (QED) is 0.797. The molecule has 0 aliphatic rings. The summed E-state index contributed by atoms with van der Waals surface area (Å²) >= 11 is 0. The van der Waals surface area contributed by atoms with Crippen molar-refractivity contribution in [2.75, 3.05) is 25.9 Å². The van der Waals surface area contributed by atoms with Gasteiger partial charge >= 0.3 is 0 Å². The fourth-order valence-electron chi connectivity index (χ4n) is 1.74. The number of hydrogen-bond donors (Lipinski definition) is 1. The van der Waals surface area contributed by atoms with Gasteiger partial charge in [-0.25, -0.2) is 0 Å². The van der Waals surface area contributed by atoms with Crippen molar-refractivity contribution in [3.05, 3.63) is 23.8 Å². The lowest BCUT2D eigenvalue weighted by Gasteiger charge is -2.21. The van der Waals surface area contributed by atoms with Crippen molar-refractivity contribution >= 4 is 11.6 Å².